The van der Waals surface area contributed by atoms with Crippen molar-refractivity contribution in [2.24, 2.45) is 5.92 Å². The molecule has 110 valence electrons. The molecule has 0 radical (unpaired) electrons. The van der Waals surface area contributed by atoms with Crippen LogP contribution in [0.2, 0.25) is 0 Å². The van der Waals surface area contributed by atoms with Crippen molar-refractivity contribution in [3.05, 3.63) is 0 Å². The number of amides is 2. The largest absolute Gasteiger partial charge is 0.480 e. The van der Waals surface area contributed by atoms with E-state index in [0.717, 1.165) is 31.4 Å². The summed E-state index contributed by atoms with van der Waals surface area (Å²) in [6, 6.07) is -0.914. The van der Waals surface area contributed by atoms with Crippen molar-refractivity contribution in [3.8, 4) is 0 Å². The molecule has 0 aromatic heterocycles. The van der Waals surface area contributed by atoms with E-state index in [0.29, 0.717) is 13.1 Å². The minimum absolute atomic E-state index is 0.0218. The number of rotatable bonds is 6. The van der Waals surface area contributed by atoms with Crippen LogP contribution in [0.3, 0.4) is 0 Å². The number of carboxylic acids is 1. The van der Waals surface area contributed by atoms with E-state index in [1.165, 1.54) is 4.90 Å². The molecular weight excluding hydrogens is 264 g/mol. The van der Waals surface area contributed by atoms with Crippen molar-refractivity contribution in [2.45, 2.75) is 38.6 Å². The zero-order valence-corrected chi connectivity index (χ0v) is 12.5. The summed E-state index contributed by atoms with van der Waals surface area (Å²) in [4.78, 5) is 24.8. The standard InChI is InChI=1S/C13H24N2O3S/c1-10-6-5-8-15(11(10)12(16)17)13(18)14-7-3-4-9-19-2/h10-11H,3-9H2,1-2H3,(H,14,18)(H,16,17). The number of carbonyl (C=O) groups is 2. The summed E-state index contributed by atoms with van der Waals surface area (Å²) in [6.45, 7) is 3.06. The van der Waals surface area contributed by atoms with E-state index in [1.54, 1.807) is 11.8 Å². The van der Waals surface area contributed by atoms with E-state index in [1.807, 2.05) is 6.92 Å². The number of carbonyl (C=O) groups excluding carboxylic acids is 1. The molecule has 0 bridgehead atoms. The molecule has 2 N–H and O–H groups in total. The molecule has 0 aromatic carbocycles. The van der Waals surface area contributed by atoms with E-state index in [9.17, 15) is 14.7 Å². The van der Waals surface area contributed by atoms with Gasteiger partial charge in [-0.15, -0.1) is 0 Å². The zero-order chi connectivity index (χ0) is 14.3. The van der Waals surface area contributed by atoms with Gasteiger partial charge >= 0.3 is 12.0 Å². The third-order valence-electron chi connectivity index (χ3n) is 3.50. The number of thioether (sulfide) groups is 1. The fraction of sp³-hybridized carbons (Fsp3) is 0.846. The van der Waals surface area contributed by atoms with Crippen molar-refractivity contribution in [1.29, 1.82) is 0 Å². The number of piperidine rings is 1. The Morgan fingerprint density at radius 3 is 2.79 bits per heavy atom. The smallest absolute Gasteiger partial charge is 0.326 e. The number of aliphatic carboxylic acids is 1. The molecule has 2 unspecified atom stereocenters. The molecule has 2 amide bonds. The summed E-state index contributed by atoms with van der Waals surface area (Å²) < 4.78 is 0. The van der Waals surface area contributed by atoms with E-state index in [-0.39, 0.29) is 11.9 Å². The van der Waals surface area contributed by atoms with Gasteiger partial charge in [0.15, 0.2) is 0 Å². The van der Waals surface area contributed by atoms with Crippen LogP contribution in [0.25, 0.3) is 0 Å². The number of likely N-dealkylation sites (tertiary alicyclic amines) is 1. The molecule has 1 aliphatic rings. The molecule has 19 heavy (non-hydrogen) atoms. The van der Waals surface area contributed by atoms with Gasteiger partial charge in [-0.25, -0.2) is 9.59 Å². The third-order valence-corrected chi connectivity index (χ3v) is 4.20. The molecule has 1 aliphatic heterocycles. The molecule has 0 aromatic rings. The van der Waals surface area contributed by atoms with Gasteiger partial charge in [0.2, 0.25) is 0 Å². The second-order valence-electron chi connectivity index (χ2n) is 5.03. The predicted molar refractivity (Wildman–Crippen MR) is 77.5 cm³/mol. The first-order chi connectivity index (χ1) is 9.07. The van der Waals surface area contributed by atoms with Crippen LogP contribution in [0, 0.1) is 5.92 Å². The Bertz CT molecular complexity index is 312. The van der Waals surface area contributed by atoms with Crippen LogP contribution in [-0.2, 0) is 4.79 Å². The average Bonchev–Trinajstić information content (AvgIpc) is 2.37. The minimum Gasteiger partial charge on any atom is -0.480 e. The number of urea groups is 1. The van der Waals surface area contributed by atoms with Crippen molar-refractivity contribution in [1.82, 2.24) is 10.2 Å². The zero-order valence-electron chi connectivity index (χ0n) is 11.7. The Balaban J connectivity index is 2.42. The maximum Gasteiger partial charge on any atom is 0.326 e. The summed E-state index contributed by atoms with van der Waals surface area (Å²) in [5.74, 6) is 0.215. The highest BCUT2D eigenvalue weighted by Gasteiger charge is 2.36. The molecule has 1 heterocycles. The van der Waals surface area contributed by atoms with Gasteiger partial charge in [-0.05, 0) is 43.6 Å². The van der Waals surface area contributed by atoms with Gasteiger partial charge in [-0.1, -0.05) is 6.92 Å². The van der Waals surface area contributed by atoms with Gasteiger partial charge < -0.3 is 15.3 Å². The summed E-state index contributed by atoms with van der Waals surface area (Å²) in [7, 11) is 0. The number of nitrogens with zero attached hydrogens (tertiary/aromatic N) is 1. The quantitative estimate of drug-likeness (QED) is 0.734. The second kappa shape index (κ2) is 8.30. The highest BCUT2D eigenvalue weighted by Crippen LogP contribution is 2.23. The Kier molecular flexibility index (Phi) is 7.05. The lowest BCUT2D eigenvalue weighted by Gasteiger charge is -2.37. The van der Waals surface area contributed by atoms with Gasteiger partial charge in [0, 0.05) is 13.1 Å². The Labute approximate surface area is 119 Å². The molecule has 0 aliphatic carbocycles. The van der Waals surface area contributed by atoms with E-state index < -0.39 is 12.0 Å². The SMILES string of the molecule is CSCCCCNC(=O)N1CCCC(C)C1C(=O)O. The molecule has 1 saturated heterocycles. The van der Waals surface area contributed by atoms with Gasteiger partial charge in [-0.3, -0.25) is 0 Å². The molecule has 0 saturated carbocycles. The summed E-state index contributed by atoms with van der Waals surface area (Å²) in [6.07, 6.45) is 5.82. The van der Waals surface area contributed by atoms with Crippen LogP contribution >= 0.6 is 11.8 Å². The van der Waals surface area contributed by atoms with Crippen LogP contribution in [-0.4, -0.2) is 53.1 Å². The van der Waals surface area contributed by atoms with Gasteiger partial charge in [0.25, 0.3) is 0 Å². The molecule has 2 atom stereocenters. The second-order valence-corrected chi connectivity index (χ2v) is 6.01. The molecule has 5 nitrogen and oxygen atoms in total. The van der Waals surface area contributed by atoms with Gasteiger partial charge in [0.05, 0.1) is 0 Å². The molecule has 0 spiro atoms. The maximum atomic E-state index is 12.0. The molecule has 6 heteroatoms. The summed E-state index contributed by atoms with van der Waals surface area (Å²) >= 11 is 1.79. The van der Waals surface area contributed by atoms with Crippen LogP contribution in [0.1, 0.15) is 32.6 Å². The van der Waals surface area contributed by atoms with Crippen LogP contribution in [0.15, 0.2) is 0 Å². The summed E-state index contributed by atoms with van der Waals surface area (Å²) in [5.41, 5.74) is 0. The van der Waals surface area contributed by atoms with Crippen molar-refractivity contribution in [3.63, 3.8) is 0 Å². The predicted octanol–water partition coefficient (Wildman–Crippen LogP) is 2.02. The topological polar surface area (TPSA) is 69.6 Å². The van der Waals surface area contributed by atoms with E-state index in [4.69, 9.17) is 0 Å². The number of hydrogen-bond donors (Lipinski definition) is 2. The monoisotopic (exact) mass is 288 g/mol. The first-order valence-corrected chi connectivity index (χ1v) is 8.23. The first-order valence-electron chi connectivity index (χ1n) is 6.84. The van der Waals surface area contributed by atoms with E-state index >= 15 is 0 Å². The third kappa shape index (κ3) is 4.93. The molecule has 1 rings (SSSR count). The lowest BCUT2D eigenvalue weighted by Crippen LogP contribution is -2.55. The van der Waals surface area contributed by atoms with Crippen LogP contribution < -0.4 is 5.32 Å². The number of nitrogens with one attached hydrogen (secondary N) is 1. The molecule has 1 fully saturated rings. The van der Waals surface area contributed by atoms with E-state index in [2.05, 4.69) is 11.6 Å². The highest BCUT2D eigenvalue weighted by atomic mass is 32.2. The average molecular weight is 288 g/mol. The van der Waals surface area contributed by atoms with Gasteiger partial charge in [0.1, 0.15) is 6.04 Å². The molecular formula is C13H24N2O3S. The van der Waals surface area contributed by atoms with Crippen molar-refractivity contribution in [2.75, 3.05) is 25.1 Å². The minimum atomic E-state index is -0.898. The first kappa shape index (κ1) is 16.1. The van der Waals surface area contributed by atoms with Crippen LogP contribution in [0.5, 0.6) is 0 Å². The van der Waals surface area contributed by atoms with Gasteiger partial charge in [-0.2, -0.15) is 11.8 Å². The fourth-order valence-corrected chi connectivity index (χ4v) is 2.95. The number of carboxylic acid groups (broad SMARTS) is 1. The Morgan fingerprint density at radius 2 is 2.16 bits per heavy atom. The fourth-order valence-electron chi connectivity index (χ4n) is 2.46. The highest BCUT2D eigenvalue weighted by molar-refractivity contribution is 7.98. The van der Waals surface area contributed by atoms with Crippen molar-refractivity contribution < 1.29 is 14.7 Å². The number of unbranched alkanes of at least 4 members (excludes halogenated alkanes) is 1. The maximum absolute atomic E-state index is 12.0. The summed E-state index contributed by atoms with van der Waals surface area (Å²) in [5, 5.41) is 12.1. The lowest BCUT2D eigenvalue weighted by atomic mass is 9.91. The van der Waals surface area contributed by atoms with Crippen LogP contribution in [0.4, 0.5) is 4.79 Å². The number of hydrogen-bond acceptors (Lipinski definition) is 3. The normalized spacial score (nSPS) is 23.2. The Morgan fingerprint density at radius 1 is 1.42 bits per heavy atom. The van der Waals surface area contributed by atoms with Crippen molar-refractivity contribution >= 4 is 23.8 Å². The lowest BCUT2D eigenvalue weighted by molar-refractivity contribution is -0.145. The Hall–Kier alpha value is -0.910.